The average molecular weight is 231 g/mol. The quantitative estimate of drug-likeness (QED) is 0.601. The van der Waals surface area contributed by atoms with Crippen LogP contribution in [-0.4, -0.2) is 25.3 Å². The molecule has 0 fully saturated rings. The van der Waals surface area contributed by atoms with Gasteiger partial charge in [0.15, 0.2) is 5.65 Å². The number of fused-ring (bicyclic) bond motifs is 1. The van der Waals surface area contributed by atoms with E-state index in [4.69, 9.17) is 10.3 Å². The Morgan fingerprint density at radius 1 is 1.41 bits per heavy atom. The molecule has 4 N–H and O–H groups in total. The van der Waals surface area contributed by atoms with E-state index in [1.54, 1.807) is 12.3 Å². The number of nitrogen functional groups attached to an aromatic ring is 1. The molecule has 17 heavy (non-hydrogen) atoms. The highest BCUT2D eigenvalue weighted by Gasteiger charge is 2.08. The summed E-state index contributed by atoms with van der Waals surface area (Å²) in [6.07, 6.45) is 3.15. The molecule has 3 heterocycles. The van der Waals surface area contributed by atoms with Crippen LogP contribution in [0.25, 0.3) is 11.0 Å². The van der Waals surface area contributed by atoms with Gasteiger partial charge in [-0.15, -0.1) is 0 Å². The topological polar surface area (TPSA) is 119 Å². The van der Waals surface area contributed by atoms with Crippen LogP contribution in [0.3, 0.4) is 0 Å². The highest BCUT2D eigenvalue weighted by Crippen LogP contribution is 2.19. The molecule has 0 aliphatic carbocycles. The Morgan fingerprint density at radius 2 is 2.35 bits per heavy atom. The summed E-state index contributed by atoms with van der Waals surface area (Å²) in [7, 11) is 0. The van der Waals surface area contributed by atoms with E-state index in [0.717, 1.165) is 11.1 Å². The van der Waals surface area contributed by atoms with Crippen LogP contribution in [0, 0.1) is 0 Å². The Morgan fingerprint density at radius 3 is 3.18 bits per heavy atom. The van der Waals surface area contributed by atoms with Gasteiger partial charge < -0.3 is 15.6 Å². The Hall–Kier alpha value is -2.64. The Bertz CT molecular complexity index is 630. The van der Waals surface area contributed by atoms with Gasteiger partial charge in [-0.05, 0) is 0 Å². The molecule has 3 rings (SSSR count). The number of H-pyrrole nitrogens is 1. The number of nitrogens with two attached hydrogens (primary N) is 1. The van der Waals surface area contributed by atoms with Crippen molar-refractivity contribution in [2.24, 2.45) is 0 Å². The van der Waals surface area contributed by atoms with Gasteiger partial charge in [0.2, 0.25) is 5.95 Å². The van der Waals surface area contributed by atoms with Crippen LogP contribution in [0.2, 0.25) is 0 Å². The first kappa shape index (κ1) is 9.58. The standard InChI is InChI=1S/C9H9N7O/c10-9-13-7(6-4-12-15-8(6)14-9)11-3-5-1-2-17-16-5/h1-2,4H,3H2,(H4,10,11,12,13,14,15). The number of aromatic nitrogens is 5. The van der Waals surface area contributed by atoms with Crippen molar-refractivity contribution in [2.45, 2.75) is 6.54 Å². The predicted octanol–water partition coefficient (Wildman–Crippen LogP) is 0.535. The molecule has 8 nitrogen and oxygen atoms in total. The average Bonchev–Trinajstić information content (AvgIpc) is 2.95. The third-order valence-electron chi connectivity index (χ3n) is 2.26. The van der Waals surface area contributed by atoms with Crippen molar-refractivity contribution in [2.75, 3.05) is 11.1 Å². The van der Waals surface area contributed by atoms with Crippen LogP contribution in [0.1, 0.15) is 5.69 Å². The second kappa shape index (κ2) is 3.74. The summed E-state index contributed by atoms with van der Waals surface area (Å²) < 4.78 is 4.73. The predicted molar refractivity (Wildman–Crippen MR) is 59.9 cm³/mol. The molecule has 0 aliphatic heterocycles. The first-order valence-electron chi connectivity index (χ1n) is 4.92. The molecular formula is C9H9N7O. The van der Waals surface area contributed by atoms with Crippen molar-refractivity contribution in [1.82, 2.24) is 25.3 Å². The molecule has 3 aromatic rings. The van der Waals surface area contributed by atoms with Crippen molar-refractivity contribution in [1.29, 1.82) is 0 Å². The maximum Gasteiger partial charge on any atom is 0.224 e. The van der Waals surface area contributed by atoms with Gasteiger partial charge in [-0.1, -0.05) is 5.16 Å². The first-order chi connectivity index (χ1) is 8.33. The molecule has 0 amide bonds. The minimum Gasteiger partial charge on any atom is -0.368 e. The van der Waals surface area contributed by atoms with Crippen LogP contribution in [0.15, 0.2) is 23.0 Å². The summed E-state index contributed by atoms with van der Waals surface area (Å²) in [5.74, 6) is 0.800. The van der Waals surface area contributed by atoms with Crippen LogP contribution >= 0.6 is 0 Å². The van der Waals surface area contributed by atoms with Crippen molar-refractivity contribution >= 4 is 22.8 Å². The van der Waals surface area contributed by atoms with E-state index in [9.17, 15) is 0 Å². The van der Waals surface area contributed by atoms with Crippen molar-refractivity contribution in [3.05, 3.63) is 24.2 Å². The zero-order valence-corrected chi connectivity index (χ0v) is 8.71. The maximum absolute atomic E-state index is 5.59. The minimum atomic E-state index is 0.185. The molecule has 0 bridgehead atoms. The number of anilines is 2. The lowest BCUT2D eigenvalue weighted by atomic mass is 10.3. The fourth-order valence-corrected chi connectivity index (χ4v) is 1.49. The second-order valence-electron chi connectivity index (χ2n) is 3.41. The van der Waals surface area contributed by atoms with Gasteiger partial charge >= 0.3 is 0 Å². The molecule has 3 aromatic heterocycles. The van der Waals surface area contributed by atoms with Crippen LogP contribution < -0.4 is 11.1 Å². The van der Waals surface area contributed by atoms with Gasteiger partial charge in [0.05, 0.1) is 18.1 Å². The van der Waals surface area contributed by atoms with Crippen molar-refractivity contribution in [3.8, 4) is 0 Å². The lowest BCUT2D eigenvalue weighted by Gasteiger charge is -2.04. The SMILES string of the molecule is Nc1nc(NCc2ccon2)c2cn[nH]c2n1. The Balaban J connectivity index is 1.91. The van der Waals surface area contributed by atoms with Crippen molar-refractivity contribution < 1.29 is 4.52 Å². The molecule has 0 spiro atoms. The van der Waals surface area contributed by atoms with Gasteiger partial charge in [0.25, 0.3) is 0 Å². The molecule has 8 heteroatoms. The molecule has 0 atom stereocenters. The summed E-state index contributed by atoms with van der Waals surface area (Å²) in [4.78, 5) is 8.13. The maximum atomic E-state index is 5.59. The van der Waals surface area contributed by atoms with E-state index in [0.29, 0.717) is 18.0 Å². The lowest BCUT2D eigenvalue weighted by Crippen LogP contribution is -2.05. The van der Waals surface area contributed by atoms with Crippen molar-refractivity contribution in [3.63, 3.8) is 0 Å². The first-order valence-corrected chi connectivity index (χ1v) is 4.92. The third kappa shape index (κ3) is 1.75. The smallest absolute Gasteiger partial charge is 0.224 e. The zero-order chi connectivity index (χ0) is 11.7. The highest BCUT2D eigenvalue weighted by molar-refractivity contribution is 5.86. The van der Waals surface area contributed by atoms with Gasteiger partial charge in [-0.25, -0.2) is 0 Å². The summed E-state index contributed by atoms with van der Waals surface area (Å²) in [6, 6.07) is 1.77. The molecular weight excluding hydrogens is 222 g/mol. The van der Waals surface area contributed by atoms with Crippen LogP contribution in [0.5, 0.6) is 0 Å². The second-order valence-corrected chi connectivity index (χ2v) is 3.41. The molecule has 0 aliphatic rings. The fourth-order valence-electron chi connectivity index (χ4n) is 1.49. The molecule has 86 valence electrons. The third-order valence-corrected chi connectivity index (χ3v) is 2.26. The molecule has 0 saturated heterocycles. The monoisotopic (exact) mass is 231 g/mol. The van der Waals surface area contributed by atoms with Gasteiger partial charge in [-0.3, -0.25) is 5.10 Å². The van der Waals surface area contributed by atoms with Crippen LogP contribution in [-0.2, 0) is 6.54 Å². The summed E-state index contributed by atoms with van der Waals surface area (Å²) in [5.41, 5.74) is 6.96. The van der Waals surface area contributed by atoms with E-state index in [1.165, 1.54) is 6.26 Å². The highest BCUT2D eigenvalue weighted by atomic mass is 16.5. The van der Waals surface area contributed by atoms with E-state index >= 15 is 0 Å². The minimum absolute atomic E-state index is 0.185. The van der Waals surface area contributed by atoms with E-state index in [2.05, 4.69) is 30.6 Å². The number of hydrogen-bond acceptors (Lipinski definition) is 7. The molecule has 0 radical (unpaired) electrons. The Labute approximate surface area is 95.2 Å². The number of nitrogens with zero attached hydrogens (tertiary/aromatic N) is 4. The van der Waals surface area contributed by atoms with Gasteiger partial charge in [0.1, 0.15) is 17.8 Å². The summed E-state index contributed by atoms with van der Waals surface area (Å²) in [5, 5.41) is 14.3. The summed E-state index contributed by atoms with van der Waals surface area (Å²) in [6.45, 7) is 0.493. The number of hydrogen-bond donors (Lipinski definition) is 3. The normalized spacial score (nSPS) is 10.8. The van der Waals surface area contributed by atoms with Crippen LogP contribution in [0.4, 0.5) is 11.8 Å². The number of rotatable bonds is 3. The number of nitrogens with one attached hydrogen (secondary N) is 2. The van der Waals surface area contributed by atoms with Gasteiger partial charge in [0, 0.05) is 6.07 Å². The largest absolute Gasteiger partial charge is 0.368 e. The Kier molecular flexibility index (Phi) is 2.11. The van der Waals surface area contributed by atoms with E-state index < -0.39 is 0 Å². The molecule has 0 saturated carbocycles. The van der Waals surface area contributed by atoms with E-state index in [-0.39, 0.29) is 5.95 Å². The summed E-state index contributed by atoms with van der Waals surface area (Å²) >= 11 is 0. The van der Waals surface area contributed by atoms with E-state index in [1.807, 2.05) is 0 Å². The fraction of sp³-hybridized carbons (Fsp3) is 0.111. The molecule has 0 aromatic carbocycles. The van der Waals surface area contributed by atoms with Gasteiger partial charge in [-0.2, -0.15) is 15.1 Å². The lowest BCUT2D eigenvalue weighted by molar-refractivity contribution is 0.412. The number of aromatic amines is 1. The zero-order valence-electron chi connectivity index (χ0n) is 8.71. The molecule has 0 unspecified atom stereocenters.